The SMILES string of the molecule is CC(=O)OC1CCC(C)C2C(C(C)=O)CCC12. The Morgan fingerprint density at radius 2 is 1.76 bits per heavy atom. The lowest BCUT2D eigenvalue weighted by Gasteiger charge is -2.39. The summed E-state index contributed by atoms with van der Waals surface area (Å²) in [6.45, 7) is 5.42. The van der Waals surface area contributed by atoms with Gasteiger partial charge in [-0.05, 0) is 50.4 Å². The maximum absolute atomic E-state index is 11.7. The quantitative estimate of drug-likeness (QED) is 0.694. The van der Waals surface area contributed by atoms with E-state index in [0.717, 1.165) is 25.7 Å². The van der Waals surface area contributed by atoms with Gasteiger partial charge in [0.2, 0.25) is 0 Å². The second-order valence-corrected chi connectivity index (χ2v) is 5.74. The third kappa shape index (κ3) is 2.38. The molecular formula is C14H22O3. The van der Waals surface area contributed by atoms with Crippen LogP contribution in [0.25, 0.3) is 0 Å². The smallest absolute Gasteiger partial charge is 0.302 e. The van der Waals surface area contributed by atoms with Gasteiger partial charge in [-0.1, -0.05) is 6.92 Å². The van der Waals surface area contributed by atoms with Gasteiger partial charge in [-0.15, -0.1) is 0 Å². The van der Waals surface area contributed by atoms with Gasteiger partial charge in [-0.3, -0.25) is 9.59 Å². The molecule has 0 aromatic rings. The average Bonchev–Trinajstić information content (AvgIpc) is 2.67. The second-order valence-electron chi connectivity index (χ2n) is 5.74. The fourth-order valence-corrected chi connectivity index (χ4v) is 3.98. The van der Waals surface area contributed by atoms with Crippen molar-refractivity contribution in [1.29, 1.82) is 0 Å². The van der Waals surface area contributed by atoms with E-state index < -0.39 is 0 Å². The molecule has 0 aromatic heterocycles. The number of ketones is 1. The summed E-state index contributed by atoms with van der Waals surface area (Å²) < 4.78 is 5.43. The van der Waals surface area contributed by atoms with Gasteiger partial charge in [0, 0.05) is 12.8 Å². The predicted octanol–water partition coefficient (Wildman–Crippen LogP) is 2.58. The topological polar surface area (TPSA) is 43.4 Å². The van der Waals surface area contributed by atoms with Crippen molar-refractivity contribution in [1.82, 2.24) is 0 Å². The van der Waals surface area contributed by atoms with E-state index in [9.17, 15) is 9.59 Å². The first-order valence-electron chi connectivity index (χ1n) is 6.68. The molecule has 2 aliphatic rings. The van der Waals surface area contributed by atoms with Gasteiger partial charge in [0.15, 0.2) is 0 Å². The third-order valence-electron chi connectivity index (χ3n) is 4.65. The number of esters is 1. The molecule has 0 bridgehead atoms. The summed E-state index contributed by atoms with van der Waals surface area (Å²) in [5.41, 5.74) is 0. The molecule has 0 saturated heterocycles. The van der Waals surface area contributed by atoms with Crippen LogP contribution >= 0.6 is 0 Å². The van der Waals surface area contributed by atoms with E-state index in [4.69, 9.17) is 4.74 Å². The normalized spacial score (nSPS) is 40.8. The molecule has 0 amide bonds. The summed E-state index contributed by atoms with van der Waals surface area (Å²) in [5.74, 6) is 1.76. The van der Waals surface area contributed by atoms with E-state index in [2.05, 4.69) is 6.92 Å². The maximum Gasteiger partial charge on any atom is 0.302 e. The van der Waals surface area contributed by atoms with Crippen molar-refractivity contribution in [3.05, 3.63) is 0 Å². The van der Waals surface area contributed by atoms with Crippen molar-refractivity contribution in [2.45, 2.75) is 52.6 Å². The number of Topliss-reactive ketones (excluding diaryl/α,β-unsaturated/α-hetero) is 1. The second kappa shape index (κ2) is 4.79. The standard InChI is InChI=1S/C14H22O3/c1-8-4-7-13(17-10(3)16)12-6-5-11(9(2)15)14(8)12/h8,11-14H,4-7H2,1-3H3. The van der Waals surface area contributed by atoms with Crippen LogP contribution in [0.1, 0.15) is 46.5 Å². The lowest BCUT2D eigenvalue weighted by Crippen LogP contribution is -2.39. The Bertz CT molecular complexity index is 323. The Balaban J connectivity index is 2.13. The van der Waals surface area contributed by atoms with Crippen molar-refractivity contribution < 1.29 is 14.3 Å². The van der Waals surface area contributed by atoms with E-state index >= 15 is 0 Å². The Kier molecular flexibility index (Phi) is 3.55. The van der Waals surface area contributed by atoms with Crippen molar-refractivity contribution in [3.63, 3.8) is 0 Å². The maximum atomic E-state index is 11.7. The minimum Gasteiger partial charge on any atom is -0.462 e. The summed E-state index contributed by atoms with van der Waals surface area (Å²) in [5, 5.41) is 0. The van der Waals surface area contributed by atoms with Crippen molar-refractivity contribution in [3.8, 4) is 0 Å². The van der Waals surface area contributed by atoms with Crippen LogP contribution in [0.3, 0.4) is 0 Å². The lowest BCUT2D eigenvalue weighted by molar-refractivity contribution is -0.153. The highest BCUT2D eigenvalue weighted by molar-refractivity contribution is 5.79. The number of carbonyl (C=O) groups excluding carboxylic acids is 2. The number of fused-ring (bicyclic) bond motifs is 1. The van der Waals surface area contributed by atoms with E-state index in [1.807, 2.05) is 0 Å². The van der Waals surface area contributed by atoms with Crippen LogP contribution in [-0.4, -0.2) is 17.9 Å². The molecule has 5 unspecified atom stereocenters. The van der Waals surface area contributed by atoms with Crippen LogP contribution < -0.4 is 0 Å². The Morgan fingerprint density at radius 1 is 1.06 bits per heavy atom. The summed E-state index contributed by atoms with van der Waals surface area (Å²) in [4.78, 5) is 22.8. The molecule has 0 spiro atoms. The van der Waals surface area contributed by atoms with Gasteiger partial charge in [0.25, 0.3) is 0 Å². The molecule has 3 heteroatoms. The van der Waals surface area contributed by atoms with Gasteiger partial charge in [0.05, 0.1) is 0 Å². The Morgan fingerprint density at radius 3 is 2.35 bits per heavy atom. The molecule has 0 N–H and O–H groups in total. The molecule has 0 aliphatic heterocycles. The van der Waals surface area contributed by atoms with Crippen LogP contribution in [-0.2, 0) is 14.3 Å². The van der Waals surface area contributed by atoms with E-state index in [1.54, 1.807) is 6.92 Å². The molecular weight excluding hydrogens is 216 g/mol. The molecule has 2 aliphatic carbocycles. The molecule has 0 heterocycles. The Labute approximate surface area is 103 Å². The molecule has 2 saturated carbocycles. The van der Waals surface area contributed by atoms with E-state index in [0.29, 0.717) is 23.5 Å². The number of ether oxygens (including phenoxy) is 1. The number of hydrogen-bond donors (Lipinski definition) is 0. The molecule has 3 nitrogen and oxygen atoms in total. The van der Waals surface area contributed by atoms with Crippen LogP contribution in [0.4, 0.5) is 0 Å². The fraction of sp³-hybridized carbons (Fsp3) is 0.857. The summed E-state index contributed by atoms with van der Waals surface area (Å²) in [6, 6.07) is 0. The van der Waals surface area contributed by atoms with Crippen molar-refractivity contribution in [2.75, 3.05) is 0 Å². The molecule has 2 fully saturated rings. The summed E-state index contributed by atoms with van der Waals surface area (Å²) in [7, 11) is 0. The number of rotatable bonds is 2. The number of hydrogen-bond acceptors (Lipinski definition) is 3. The monoisotopic (exact) mass is 238 g/mol. The van der Waals surface area contributed by atoms with Gasteiger partial charge >= 0.3 is 5.97 Å². The molecule has 0 aromatic carbocycles. The number of carbonyl (C=O) groups is 2. The van der Waals surface area contributed by atoms with Gasteiger partial charge in [-0.25, -0.2) is 0 Å². The highest BCUT2D eigenvalue weighted by Gasteiger charge is 2.48. The first-order chi connectivity index (χ1) is 8.00. The molecule has 96 valence electrons. The van der Waals surface area contributed by atoms with Gasteiger partial charge < -0.3 is 4.74 Å². The predicted molar refractivity (Wildman–Crippen MR) is 64.3 cm³/mol. The van der Waals surface area contributed by atoms with E-state index in [1.165, 1.54) is 6.92 Å². The highest BCUT2D eigenvalue weighted by Crippen LogP contribution is 2.49. The van der Waals surface area contributed by atoms with Crippen LogP contribution in [0, 0.1) is 23.7 Å². The molecule has 5 atom stereocenters. The highest BCUT2D eigenvalue weighted by atomic mass is 16.5. The molecule has 17 heavy (non-hydrogen) atoms. The van der Waals surface area contributed by atoms with Crippen LogP contribution in [0.5, 0.6) is 0 Å². The summed E-state index contributed by atoms with van der Waals surface area (Å²) >= 11 is 0. The van der Waals surface area contributed by atoms with Gasteiger partial charge in [0.1, 0.15) is 11.9 Å². The summed E-state index contributed by atoms with van der Waals surface area (Å²) in [6.07, 6.45) is 4.11. The minimum atomic E-state index is -0.186. The molecule has 2 rings (SSSR count). The lowest BCUT2D eigenvalue weighted by atomic mass is 9.69. The molecule has 0 radical (unpaired) electrons. The first-order valence-corrected chi connectivity index (χ1v) is 6.68. The minimum absolute atomic E-state index is 0.0537. The van der Waals surface area contributed by atoms with Crippen molar-refractivity contribution >= 4 is 11.8 Å². The Hall–Kier alpha value is -0.860. The zero-order valence-corrected chi connectivity index (χ0v) is 10.9. The zero-order valence-electron chi connectivity index (χ0n) is 10.9. The van der Waals surface area contributed by atoms with Crippen molar-refractivity contribution in [2.24, 2.45) is 23.7 Å². The zero-order chi connectivity index (χ0) is 12.6. The van der Waals surface area contributed by atoms with E-state index in [-0.39, 0.29) is 18.0 Å². The fourth-order valence-electron chi connectivity index (χ4n) is 3.98. The van der Waals surface area contributed by atoms with Gasteiger partial charge in [-0.2, -0.15) is 0 Å². The average molecular weight is 238 g/mol. The largest absolute Gasteiger partial charge is 0.462 e. The van der Waals surface area contributed by atoms with Crippen LogP contribution in [0.15, 0.2) is 0 Å². The third-order valence-corrected chi connectivity index (χ3v) is 4.65. The van der Waals surface area contributed by atoms with Crippen LogP contribution in [0.2, 0.25) is 0 Å². The first kappa shape index (κ1) is 12.6.